The van der Waals surface area contributed by atoms with Gasteiger partial charge >= 0.3 is 0 Å². The fraction of sp³-hybridized carbons (Fsp3) is 0.167. The number of hydrogen-bond donors (Lipinski definition) is 0. The van der Waals surface area contributed by atoms with Crippen molar-refractivity contribution >= 4 is 16.7 Å². The van der Waals surface area contributed by atoms with Crippen molar-refractivity contribution in [3.05, 3.63) is 96.2 Å². The van der Waals surface area contributed by atoms with Gasteiger partial charge in [-0.1, -0.05) is 36.4 Å². The molecule has 2 aromatic heterocycles. The van der Waals surface area contributed by atoms with E-state index in [1.165, 1.54) is 0 Å². The Bertz CT molecular complexity index is 1600. The van der Waals surface area contributed by atoms with Gasteiger partial charge in [0.15, 0.2) is 28.8 Å². The molecule has 0 amide bonds. The monoisotopic (exact) mass is 509 g/mol. The highest BCUT2D eigenvalue weighted by Gasteiger charge is 2.25. The van der Waals surface area contributed by atoms with Crippen molar-refractivity contribution in [1.29, 1.82) is 0 Å². The van der Waals surface area contributed by atoms with E-state index in [0.29, 0.717) is 57.4 Å². The molecule has 192 valence electrons. The zero-order chi connectivity index (χ0) is 26.6. The van der Waals surface area contributed by atoms with Crippen molar-refractivity contribution in [2.24, 2.45) is 0 Å². The predicted octanol–water partition coefficient (Wildman–Crippen LogP) is 5.41. The number of pyridine rings is 1. The summed E-state index contributed by atoms with van der Waals surface area (Å²) in [5.74, 6) is 2.06. The summed E-state index contributed by atoms with van der Waals surface area (Å²) in [5, 5.41) is 0.739. The molecule has 0 unspecified atom stereocenters. The minimum atomic E-state index is -0.144. The Labute approximate surface area is 220 Å². The van der Waals surface area contributed by atoms with Gasteiger partial charge in [0.25, 0.3) is 0 Å². The first kappa shape index (κ1) is 24.8. The van der Waals surface area contributed by atoms with Crippen LogP contribution in [0, 0.1) is 0 Å². The molecule has 0 radical (unpaired) electrons. The maximum absolute atomic E-state index is 14.2. The molecule has 8 heteroatoms. The number of fused-ring (bicyclic) bond motifs is 1. The lowest BCUT2D eigenvalue weighted by Crippen LogP contribution is -2.13. The van der Waals surface area contributed by atoms with Crippen molar-refractivity contribution < 1.29 is 23.7 Å². The second kappa shape index (κ2) is 10.6. The predicted molar refractivity (Wildman–Crippen MR) is 145 cm³/mol. The van der Waals surface area contributed by atoms with Crippen LogP contribution >= 0.6 is 0 Å². The molecule has 2 heterocycles. The molecule has 0 fully saturated rings. The number of ether oxygens (including phenoxy) is 4. The zero-order valence-corrected chi connectivity index (χ0v) is 21.6. The van der Waals surface area contributed by atoms with Gasteiger partial charge in [-0.05, 0) is 23.8 Å². The number of aromatic nitrogens is 3. The quantitative estimate of drug-likeness (QED) is 0.246. The highest BCUT2D eigenvalue weighted by Crippen LogP contribution is 2.42. The molecule has 0 aliphatic carbocycles. The molecular weight excluding hydrogens is 482 g/mol. The summed E-state index contributed by atoms with van der Waals surface area (Å²) in [7, 11) is 6.33. The second-order valence-corrected chi connectivity index (χ2v) is 8.53. The smallest absolute Gasteiger partial charge is 0.195 e. The lowest BCUT2D eigenvalue weighted by Gasteiger charge is -2.20. The van der Waals surface area contributed by atoms with Crippen LogP contribution in [0.15, 0.2) is 79.4 Å². The number of rotatable bonds is 9. The Morgan fingerprint density at radius 1 is 0.816 bits per heavy atom. The molecule has 0 saturated heterocycles. The second-order valence-electron chi connectivity index (χ2n) is 8.53. The van der Waals surface area contributed by atoms with E-state index in [0.717, 1.165) is 10.9 Å². The van der Waals surface area contributed by atoms with E-state index in [1.54, 1.807) is 53.1 Å². The Kier molecular flexibility index (Phi) is 6.95. The van der Waals surface area contributed by atoms with Gasteiger partial charge in [0.1, 0.15) is 0 Å². The van der Waals surface area contributed by atoms with Crippen LogP contribution in [0.25, 0.3) is 22.0 Å². The van der Waals surface area contributed by atoms with Gasteiger partial charge in [-0.25, -0.2) is 9.97 Å². The Hall–Kier alpha value is -4.85. The molecule has 0 spiro atoms. The number of carbonyl (C=O) groups excluding carboxylic acids is 1. The van der Waals surface area contributed by atoms with E-state index < -0.39 is 0 Å². The van der Waals surface area contributed by atoms with Gasteiger partial charge in [0.2, 0.25) is 0 Å². The third-order valence-electron chi connectivity index (χ3n) is 6.39. The first-order valence-electron chi connectivity index (χ1n) is 11.9. The van der Waals surface area contributed by atoms with Crippen molar-refractivity contribution in [3.63, 3.8) is 0 Å². The Balaban J connectivity index is 1.90. The van der Waals surface area contributed by atoms with Crippen LogP contribution in [0.2, 0.25) is 0 Å². The highest BCUT2D eigenvalue weighted by molar-refractivity contribution is 6.17. The molecule has 0 aliphatic rings. The van der Waals surface area contributed by atoms with Crippen molar-refractivity contribution in [1.82, 2.24) is 14.5 Å². The molecule has 8 nitrogen and oxygen atoms in total. The van der Waals surface area contributed by atoms with Gasteiger partial charge in [-0.3, -0.25) is 4.79 Å². The van der Waals surface area contributed by atoms with E-state index >= 15 is 0 Å². The number of benzene rings is 3. The molecule has 0 atom stereocenters. The first-order chi connectivity index (χ1) is 18.6. The van der Waals surface area contributed by atoms with E-state index in [9.17, 15) is 4.79 Å². The SMILES string of the molecule is COc1ccc(-c2c(C(=O)c3ccccc3)c(Cn3ccnc3)nc3cc(OC)c(OC)cc23)cc1OC. The molecule has 0 bridgehead atoms. The summed E-state index contributed by atoms with van der Waals surface area (Å²) in [4.78, 5) is 23.4. The molecule has 5 rings (SSSR count). The van der Waals surface area contributed by atoms with Crippen molar-refractivity contribution in [3.8, 4) is 34.1 Å². The number of methoxy groups -OCH3 is 4. The van der Waals surface area contributed by atoms with Gasteiger partial charge < -0.3 is 23.5 Å². The number of carbonyl (C=O) groups is 1. The average Bonchev–Trinajstić information content (AvgIpc) is 3.48. The molecular formula is C30H27N3O5. The van der Waals surface area contributed by atoms with Gasteiger partial charge in [0, 0.05) is 35.0 Å². The number of hydrogen-bond acceptors (Lipinski definition) is 7. The summed E-state index contributed by atoms with van der Waals surface area (Å²) >= 11 is 0. The van der Waals surface area contributed by atoms with Gasteiger partial charge in [0.05, 0.1) is 58.1 Å². The summed E-state index contributed by atoms with van der Waals surface area (Å²) in [6, 6.07) is 18.5. The van der Waals surface area contributed by atoms with Crippen LogP contribution in [-0.2, 0) is 6.54 Å². The third-order valence-corrected chi connectivity index (χ3v) is 6.39. The van der Waals surface area contributed by atoms with Gasteiger partial charge in [-0.2, -0.15) is 0 Å². The highest BCUT2D eigenvalue weighted by atomic mass is 16.5. The molecule has 3 aromatic carbocycles. The minimum Gasteiger partial charge on any atom is -0.493 e. The van der Waals surface area contributed by atoms with E-state index in [-0.39, 0.29) is 5.78 Å². The lowest BCUT2D eigenvalue weighted by atomic mass is 9.89. The minimum absolute atomic E-state index is 0.144. The molecule has 38 heavy (non-hydrogen) atoms. The van der Waals surface area contributed by atoms with Crippen LogP contribution in [0.3, 0.4) is 0 Å². The van der Waals surface area contributed by atoms with Gasteiger partial charge in [-0.15, -0.1) is 0 Å². The van der Waals surface area contributed by atoms with Crippen LogP contribution < -0.4 is 18.9 Å². The van der Waals surface area contributed by atoms with E-state index in [1.807, 2.05) is 59.3 Å². The molecule has 0 N–H and O–H groups in total. The zero-order valence-electron chi connectivity index (χ0n) is 21.6. The van der Waals surface area contributed by atoms with E-state index in [2.05, 4.69) is 4.98 Å². The van der Waals surface area contributed by atoms with Crippen molar-refractivity contribution in [2.75, 3.05) is 28.4 Å². The number of ketones is 1. The Morgan fingerprint density at radius 3 is 2.16 bits per heavy atom. The van der Waals surface area contributed by atoms with Crippen LogP contribution in [0.4, 0.5) is 0 Å². The topological polar surface area (TPSA) is 84.7 Å². The van der Waals surface area contributed by atoms with Crippen molar-refractivity contribution in [2.45, 2.75) is 6.54 Å². The van der Waals surface area contributed by atoms with Crippen LogP contribution in [0.5, 0.6) is 23.0 Å². The van der Waals surface area contributed by atoms with Crippen LogP contribution in [0.1, 0.15) is 21.6 Å². The summed E-state index contributed by atoms with van der Waals surface area (Å²) in [6.07, 6.45) is 5.24. The first-order valence-corrected chi connectivity index (χ1v) is 11.9. The molecule has 0 saturated carbocycles. The Morgan fingerprint density at radius 2 is 1.50 bits per heavy atom. The van der Waals surface area contributed by atoms with Crippen LogP contribution in [-0.4, -0.2) is 48.8 Å². The molecule has 0 aliphatic heterocycles. The maximum atomic E-state index is 14.2. The molecule has 5 aromatic rings. The number of nitrogens with zero attached hydrogens (tertiary/aromatic N) is 3. The largest absolute Gasteiger partial charge is 0.493 e. The summed E-state index contributed by atoms with van der Waals surface area (Å²) in [6.45, 7) is 0.346. The fourth-order valence-electron chi connectivity index (χ4n) is 4.58. The summed E-state index contributed by atoms with van der Waals surface area (Å²) in [5.41, 5.74) is 3.78. The third kappa shape index (κ3) is 4.52. The number of imidazole rings is 1. The maximum Gasteiger partial charge on any atom is 0.195 e. The fourth-order valence-corrected chi connectivity index (χ4v) is 4.58. The normalized spacial score (nSPS) is 10.8. The lowest BCUT2D eigenvalue weighted by molar-refractivity contribution is 0.103. The summed E-state index contributed by atoms with van der Waals surface area (Å²) < 4.78 is 24.2. The average molecular weight is 510 g/mol. The van der Waals surface area contributed by atoms with E-state index in [4.69, 9.17) is 23.9 Å². The standard InChI is InChI=1S/C30H27N3O5/c1-35-24-11-10-20(14-25(24)36-2)28-21-15-26(37-3)27(38-4)16-22(21)32-23(17-33-13-12-31-18-33)29(28)30(34)19-8-6-5-7-9-19/h5-16,18H,17H2,1-4H3.